The number of nitrogens with zero attached hydrogens (tertiary/aromatic N) is 1. The van der Waals surface area contributed by atoms with Crippen LogP contribution in [0.3, 0.4) is 0 Å². The number of nitrogens with one attached hydrogen (secondary N) is 3. The van der Waals surface area contributed by atoms with Gasteiger partial charge in [0.1, 0.15) is 5.69 Å². The first kappa shape index (κ1) is 22.7. The standard InChI is InChI=1S/C17H24N4O8/c1-16(2)10(14(22)23)6-7-17(16,3)13(15(24)25)19-18-11-5-4-9(20(26)27)8-12(11)21(28)29/h4-5,8,10,18,20-21,26,28H,6-7H2,1-3H3,(H,22,23)(H,24,25). The summed E-state index contributed by atoms with van der Waals surface area (Å²) in [6.07, 6.45) is 0.548. The van der Waals surface area contributed by atoms with Crippen molar-refractivity contribution in [3.63, 3.8) is 0 Å². The zero-order valence-corrected chi connectivity index (χ0v) is 16.1. The number of hydrazone groups is 1. The van der Waals surface area contributed by atoms with Crippen LogP contribution in [0.4, 0.5) is 17.1 Å². The smallest absolute Gasteiger partial charge is 0.352 e. The predicted octanol–water partition coefficient (Wildman–Crippen LogP) is -0.127. The van der Waals surface area contributed by atoms with Crippen LogP contribution >= 0.6 is 0 Å². The number of hydrogen-bond donors (Lipinski definition) is 7. The van der Waals surface area contributed by atoms with Gasteiger partial charge in [0.25, 0.3) is 0 Å². The number of carboxylic acid groups (broad SMARTS) is 2. The van der Waals surface area contributed by atoms with E-state index in [1.54, 1.807) is 20.8 Å². The van der Waals surface area contributed by atoms with Crippen LogP contribution in [0.25, 0.3) is 0 Å². The zero-order valence-electron chi connectivity index (χ0n) is 16.1. The molecule has 12 nitrogen and oxygen atoms in total. The minimum atomic E-state index is -1.42. The summed E-state index contributed by atoms with van der Waals surface area (Å²) in [7, 11) is 0. The predicted molar refractivity (Wildman–Crippen MR) is 98.9 cm³/mol. The highest BCUT2D eigenvalue weighted by Gasteiger charge is 2.58. The maximum absolute atomic E-state index is 11.9. The first-order valence-corrected chi connectivity index (χ1v) is 8.74. The molecular formula is C17H24N4O8. The van der Waals surface area contributed by atoms with E-state index >= 15 is 0 Å². The SMILES string of the molecule is CC1(C(=NNc2ccc([NH+]([O-])O)cc2[NH+]([O-])O)C(=O)O)CCC(C(=O)O)C1(C)C. The molecule has 1 aliphatic carbocycles. The van der Waals surface area contributed by atoms with Gasteiger partial charge in [-0.3, -0.25) is 10.2 Å². The van der Waals surface area contributed by atoms with Gasteiger partial charge in [0.2, 0.25) is 0 Å². The molecule has 0 amide bonds. The Morgan fingerprint density at radius 1 is 1.17 bits per heavy atom. The Hall–Kier alpha value is -2.61. The van der Waals surface area contributed by atoms with Gasteiger partial charge >= 0.3 is 11.9 Å². The van der Waals surface area contributed by atoms with Gasteiger partial charge < -0.3 is 20.6 Å². The van der Waals surface area contributed by atoms with E-state index in [2.05, 4.69) is 10.5 Å². The Balaban J connectivity index is 2.46. The van der Waals surface area contributed by atoms with Crippen molar-refractivity contribution in [2.24, 2.45) is 21.8 Å². The third kappa shape index (κ3) is 4.07. The van der Waals surface area contributed by atoms with Crippen molar-refractivity contribution in [1.82, 2.24) is 0 Å². The maximum atomic E-state index is 11.9. The Morgan fingerprint density at radius 2 is 1.79 bits per heavy atom. The number of hydrogen-bond acceptors (Lipinski definition) is 8. The molecule has 2 rings (SSSR count). The van der Waals surface area contributed by atoms with E-state index in [-0.39, 0.29) is 29.9 Å². The molecule has 29 heavy (non-hydrogen) atoms. The van der Waals surface area contributed by atoms with Gasteiger partial charge in [0, 0.05) is 11.5 Å². The van der Waals surface area contributed by atoms with E-state index in [0.717, 1.165) is 12.1 Å². The third-order valence-electron chi connectivity index (χ3n) is 6.03. The lowest BCUT2D eigenvalue weighted by Crippen LogP contribution is -3.00. The lowest BCUT2D eigenvalue weighted by atomic mass is 9.63. The van der Waals surface area contributed by atoms with E-state index in [9.17, 15) is 35.4 Å². The van der Waals surface area contributed by atoms with E-state index in [1.807, 2.05) is 0 Å². The molecule has 0 heterocycles. The highest BCUT2D eigenvalue weighted by molar-refractivity contribution is 6.38. The number of quaternary nitrogens is 2. The van der Waals surface area contributed by atoms with Crippen LogP contribution in [0.15, 0.2) is 23.3 Å². The van der Waals surface area contributed by atoms with Crippen molar-refractivity contribution in [3.8, 4) is 0 Å². The number of anilines is 1. The fraction of sp³-hybridized carbons (Fsp3) is 0.471. The Bertz CT molecular complexity index is 839. The molecule has 1 fully saturated rings. The van der Waals surface area contributed by atoms with Crippen LogP contribution < -0.4 is 15.9 Å². The summed E-state index contributed by atoms with van der Waals surface area (Å²) in [5, 5.41) is 61.2. The molecule has 0 bridgehead atoms. The molecule has 1 saturated carbocycles. The van der Waals surface area contributed by atoms with E-state index in [1.165, 1.54) is 6.07 Å². The largest absolute Gasteiger partial charge is 0.595 e. The van der Waals surface area contributed by atoms with Gasteiger partial charge in [0.15, 0.2) is 17.1 Å². The number of carboxylic acids is 2. The molecule has 160 valence electrons. The number of benzene rings is 1. The molecule has 7 N–H and O–H groups in total. The van der Waals surface area contributed by atoms with Crippen LogP contribution in [0.5, 0.6) is 0 Å². The van der Waals surface area contributed by atoms with Gasteiger partial charge in [0.05, 0.1) is 12.0 Å². The van der Waals surface area contributed by atoms with Crippen LogP contribution in [0.1, 0.15) is 33.6 Å². The quantitative estimate of drug-likeness (QED) is 0.236. The second-order valence-corrected chi connectivity index (χ2v) is 7.73. The van der Waals surface area contributed by atoms with Gasteiger partial charge in [-0.2, -0.15) is 15.6 Å². The maximum Gasteiger partial charge on any atom is 0.352 e. The summed E-state index contributed by atoms with van der Waals surface area (Å²) < 4.78 is 0. The number of carbonyl (C=O) groups is 2. The summed E-state index contributed by atoms with van der Waals surface area (Å²) in [6, 6.07) is 3.28. The molecule has 0 radical (unpaired) electrons. The molecule has 0 aliphatic heterocycles. The molecule has 4 atom stereocenters. The van der Waals surface area contributed by atoms with Crippen LogP contribution in [0.2, 0.25) is 0 Å². The summed E-state index contributed by atoms with van der Waals surface area (Å²) in [6.45, 7) is 4.96. The molecule has 0 saturated heterocycles. The third-order valence-corrected chi connectivity index (χ3v) is 6.03. The molecule has 12 heteroatoms. The summed E-state index contributed by atoms with van der Waals surface area (Å²) in [4.78, 5) is 23.5. The van der Waals surface area contributed by atoms with Crippen LogP contribution in [0, 0.1) is 27.2 Å². The molecule has 4 unspecified atom stereocenters. The molecule has 0 aromatic heterocycles. The van der Waals surface area contributed by atoms with E-state index < -0.39 is 44.8 Å². The number of rotatable bonds is 7. The molecule has 0 spiro atoms. The molecule has 1 aromatic rings. The van der Waals surface area contributed by atoms with Crippen LogP contribution in [-0.4, -0.2) is 38.3 Å². The van der Waals surface area contributed by atoms with Crippen LogP contribution in [-0.2, 0) is 9.59 Å². The highest BCUT2D eigenvalue weighted by atomic mass is 16.8. The Kier molecular flexibility index (Phi) is 6.27. The lowest BCUT2D eigenvalue weighted by molar-refractivity contribution is -0.996. The average Bonchev–Trinajstić information content (AvgIpc) is 2.84. The highest BCUT2D eigenvalue weighted by Crippen LogP contribution is 2.56. The van der Waals surface area contributed by atoms with Crippen molar-refractivity contribution in [2.75, 3.05) is 5.43 Å². The van der Waals surface area contributed by atoms with Crippen molar-refractivity contribution < 1.29 is 40.7 Å². The normalized spacial score (nSPS) is 26.0. The fourth-order valence-corrected chi connectivity index (χ4v) is 3.83. The molecule has 1 aliphatic rings. The van der Waals surface area contributed by atoms with E-state index in [0.29, 0.717) is 0 Å². The fourth-order valence-electron chi connectivity index (χ4n) is 3.83. The Morgan fingerprint density at radius 3 is 2.24 bits per heavy atom. The second kappa shape index (κ2) is 8.02. The summed E-state index contributed by atoms with van der Waals surface area (Å²) >= 11 is 0. The van der Waals surface area contributed by atoms with Gasteiger partial charge in [-0.05, 0) is 24.3 Å². The minimum Gasteiger partial charge on any atom is -0.595 e. The zero-order chi connectivity index (χ0) is 22.1. The van der Waals surface area contributed by atoms with Crippen molar-refractivity contribution >= 4 is 34.7 Å². The van der Waals surface area contributed by atoms with Gasteiger partial charge in [-0.25, -0.2) is 15.2 Å². The summed E-state index contributed by atoms with van der Waals surface area (Å²) in [5.74, 6) is -3.14. The lowest BCUT2D eigenvalue weighted by Gasteiger charge is -2.39. The van der Waals surface area contributed by atoms with Crippen molar-refractivity contribution in [2.45, 2.75) is 33.6 Å². The molecule has 1 aromatic carbocycles. The first-order chi connectivity index (χ1) is 13.3. The number of aliphatic carboxylic acids is 2. The van der Waals surface area contributed by atoms with Crippen molar-refractivity contribution in [3.05, 3.63) is 28.6 Å². The Labute approximate surface area is 165 Å². The van der Waals surface area contributed by atoms with Crippen molar-refractivity contribution in [1.29, 1.82) is 0 Å². The topological polar surface area (TPSA) is 194 Å². The second-order valence-electron chi connectivity index (χ2n) is 7.73. The molecular weight excluding hydrogens is 388 g/mol. The van der Waals surface area contributed by atoms with E-state index in [4.69, 9.17) is 5.21 Å². The van der Waals surface area contributed by atoms with Gasteiger partial charge in [-0.1, -0.05) is 20.8 Å². The first-order valence-electron chi connectivity index (χ1n) is 8.74. The summed E-state index contributed by atoms with van der Waals surface area (Å²) in [5.41, 5.74) is -0.670. The van der Waals surface area contributed by atoms with Gasteiger partial charge in [-0.15, -0.1) is 0 Å². The minimum absolute atomic E-state index is 0.0876. The average molecular weight is 412 g/mol. The monoisotopic (exact) mass is 412 g/mol.